The standard InChI is InChI=1S/C6H4N2O.C6H4N2S/c2*1-2-7-4-6-5(1)3-8-9-6/h2*1-4H. The fourth-order valence-electron chi connectivity index (χ4n) is 1.43. The molecule has 0 aliphatic carbocycles. The summed E-state index contributed by atoms with van der Waals surface area (Å²) in [4.78, 5) is 7.81. The topological polar surface area (TPSA) is 64.7 Å². The van der Waals surface area contributed by atoms with Crippen LogP contribution in [0.5, 0.6) is 0 Å². The van der Waals surface area contributed by atoms with Crippen molar-refractivity contribution in [3.63, 3.8) is 0 Å². The molecule has 0 spiro atoms. The van der Waals surface area contributed by atoms with Crippen LogP contribution in [0.1, 0.15) is 0 Å². The third kappa shape index (κ3) is 2.18. The molecule has 5 nitrogen and oxygen atoms in total. The van der Waals surface area contributed by atoms with E-state index in [-0.39, 0.29) is 0 Å². The Hall–Kier alpha value is -2.34. The van der Waals surface area contributed by atoms with Gasteiger partial charge >= 0.3 is 0 Å². The molecule has 18 heavy (non-hydrogen) atoms. The summed E-state index contributed by atoms with van der Waals surface area (Å²) in [5.74, 6) is 0. The third-order valence-corrected chi connectivity index (χ3v) is 3.07. The molecule has 0 bridgehead atoms. The molecule has 0 unspecified atom stereocenters. The minimum absolute atomic E-state index is 0.734. The molecule has 0 amide bonds. The zero-order valence-corrected chi connectivity index (χ0v) is 10.0. The Balaban J connectivity index is 0.000000111. The highest BCUT2D eigenvalue weighted by atomic mass is 32.1. The molecule has 4 aromatic rings. The Labute approximate surface area is 106 Å². The van der Waals surface area contributed by atoms with Gasteiger partial charge in [0.2, 0.25) is 0 Å². The summed E-state index contributed by atoms with van der Waals surface area (Å²) in [5.41, 5.74) is 0.734. The summed E-state index contributed by atoms with van der Waals surface area (Å²) in [6, 6.07) is 3.81. The number of pyridine rings is 2. The lowest BCUT2D eigenvalue weighted by Gasteiger charge is -1.79. The number of fused-ring (bicyclic) bond motifs is 2. The smallest absolute Gasteiger partial charge is 0.185 e. The fourth-order valence-corrected chi connectivity index (χ4v) is 2.04. The molecule has 0 saturated heterocycles. The van der Waals surface area contributed by atoms with Gasteiger partial charge in [0.1, 0.15) is 0 Å². The Morgan fingerprint density at radius 3 is 2.56 bits per heavy atom. The molecule has 0 N–H and O–H groups in total. The SMILES string of the molecule is c1cc2cnoc2cn1.c1cc2cnsc2cn1. The van der Waals surface area contributed by atoms with E-state index in [2.05, 4.69) is 19.5 Å². The zero-order valence-electron chi connectivity index (χ0n) is 9.22. The van der Waals surface area contributed by atoms with Gasteiger partial charge in [-0.05, 0) is 23.7 Å². The molecule has 0 saturated carbocycles. The van der Waals surface area contributed by atoms with Gasteiger partial charge in [0, 0.05) is 35.6 Å². The van der Waals surface area contributed by atoms with Crippen molar-refractivity contribution in [3.8, 4) is 0 Å². The maximum absolute atomic E-state index is 4.81. The average Bonchev–Trinajstić information content (AvgIpc) is 3.08. The molecule has 4 heterocycles. The van der Waals surface area contributed by atoms with Gasteiger partial charge in [0.15, 0.2) is 5.58 Å². The molecule has 88 valence electrons. The number of nitrogens with zero attached hydrogens (tertiary/aromatic N) is 4. The van der Waals surface area contributed by atoms with Crippen LogP contribution >= 0.6 is 11.5 Å². The van der Waals surface area contributed by atoms with E-state index < -0.39 is 0 Å². The molecule has 4 aromatic heterocycles. The first-order valence-electron chi connectivity index (χ1n) is 5.22. The van der Waals surface area contributed by atoms with E-state index in [1.54, 1.807) is 24.8 Å². The summed E-state index contributed by atoms with van der Waals surface area (Å²) in [5, 5.41) is 5.75. The van der Waals surface area contributed by atoms with Crippen LogP contribution in [0.3, 0.4) is 0 Å². The Morgan fingerprint density at radius 2 is 1.72 bits per heavy atom. The van der Waals surface area contributed by atoms with Gasteiger partial charge in [-0.2, -0.15) is 4.37 Å². The predicted molar refractivity (Wildman–Crippen MR) is 69.2 cm³/mol. The van der Waals surface area contributed by atoms with Crippen molar-refractivity contribution in [3.05, 3.63) is 49.3 Å². The van der Waals surface area contributed by atoms with Crippen LogP contribution in [0.15, 0.2) is 53.8 Å². The van der Waals surface area contributed by atoms with Crippen LogP contribution in [0.4, 0.5) is 0 Å². The largest absolute Gasteiger partial charge is 0.355 e. The zero-order chi connectivity index (χ0) is 12.2. The number of hydrogen-bond acceptors (Lipinski definition) is 6. The van der Waals surface area contributed by atoms with E-state index in [1.165, 1.54) is 16.9 Å². The van der Waals surface area contributed by atoms with Gasteiger partial charge < -0.3 is 4.52 Å². The minimum Gasteiger partial charge on any atom is -0.355 e. The number of rotatable bonds is 0. The van der Waals surface area contributed by atoms with Gasteiger partial charge in [-0.15, -0.1) is 0 Å². The molecule has 0 aliphatic rings. The normalized spacial score (nSPS) is 10.2. The van der Waals surface area contributed by atoms with Crippen LogP contribution in [0.2, 0.25) is 0 Å². The van der Waals surface area contributed by atoms with Gasteiger partial charge in [-0.1, -0.05) is 5.16 Å². The van der Waals surface area contributed by atoms with Crippen molar-refractivity contribution in [1.29, 1.82) is 0 Å². The van der Waals surface area contributed by atoms with Crippen molar-refractivity contribution in [1.82, 2.24) is 19.5 Å². The van der Waals surface area contributed by atoms with E-state index in [0.717, 1.165) is 15.7 Å². The van der Waals surface area contributed by atoms with Gasteiger partial charge in [-0.25, -0.2) is 0 Å². The van der Waals surface area contributed by atoms with Gasteiger partial charge in [-0.3, -0.25) is 9.97 Å². The molecule has 6 heteroatoms. The first-order valence-corrected chi connectivity index (χ1v) is 5.99. The monoisotopic (exact) mass is 256 g/mol. The first-order chi connectivity index (χ1) is 8.93. The molecule has 0 aliphatic heterocycles. The van der Waals surface area contributed by atoms with Crippen LogP contribution in [-0.4, -0.2) is 19.5 Å². The van der Waals surface area contributed by atoms with E-state index >= 15 is 0 Å². The average molecular weight is 256 g/mol. The maximum Gasteiger partial charge on any atom is 0.185 e. The van der Waals surface area contributed by atoms with Crippen molar-refractivity contribution in [2.24, 2.45) is 0 Å². The molecular formula is C12H8N4OS. The maximum atomic E-state index is 4.81. The van der Waals surface area contributed by atoms with E-state index in [9.17, 15) is 0 Å². The van der Waals surface area contributed by atoms with Crippen molar-refractivity contribution in [2.45, 2.75) is 0 Å². The first kappa shape index (κ1) is 10.8. The lowest BCUT2D eigenvalue weighted by Crippen LogP contribution is -1.65. The van der Waals surface area contributed by atoms with Crippen LogP contribution in [0.25, 0.3) is 21.1 Å². The lowest BCUT2D eigenvalue weighted by molar-refractivity contribution is 0.455. The fraction of sp³-hybridized carbons (Fsp3) is 0. The van der Waals surface area contributed by atoms with E-state index in [4.69, 9.17) is 4.52 Å². The van der Waals surface area contributed by atoms with Crippen LogP contribution in [-0.2, 0) is 0 Å². The Kier molecular flexibility index (Phi) is 2.93. The second kappa shape index (κ2) is 4.89. The van der Waals surface area contributed by atoms with Crippen molar-refractivity contribution >= 4 is 32.6 Å². The van der Waals surface area contributed by atoms with Crippen LogP contribution < -0.4 is 0 Å². The summed E-state index contributed by atoms with van der Waals surface area (Å²) >= 11 is 1.47. The molecule has 0 atom stereocenters. The van der Waals surface area contributed by atoms with Gasteiger partial charge in [0.25, 0.3) is 0 Å². The third-order valence-electron chi connectivity index (χ3n) is 2.32. The summed E-state index contributed by atoms with van der Waals surface area (Å²) in [6.45, 7) is 0. The highest BCUT2D eigenvalue weighted by molar-refractivity contribution is 7.13. The highest BCUT2D eigenvalue weighted by Gasteiger charge is 1.92. The number of aromatic nitrogens is 4. The highest BCUT2D eigenvalue weighted by Crippen LogP contribution is 2.14. The number of hydrogen-bond donors (Lipinski definition) is 0. The second-order valence-corrected chi connectivity index (χ2v) is 4.31. The lowest BCUT2D eigenvalue weighted by atomic mass is 10.4. The van der Waals surface area contributed by atoms with E-state index in [0.29, 0.717) is 0 Å². The summed E-state index contributed by atoms with van der Waals surface area (Å²) in [6.07, 6.45) is 10.5. The van der Waals surface area contributed by atoms with Crippen molar-refractivity contribution < 1.29 is 4.52 Å². The van der Waals surface area contributed by atoms with Crippen molar-refractivity contribution in [2.75, 3.05) is 0 Å². The quantitative estimate of drug-likeness (QED) is 0.484. The van der Waals surface area contributed by atoms with Gasteiger partial charge in [0.05, 0.1) is 17.1 Å². The molecule has 4 rings (SSSR count). The summed E-state index contributed by atoms with van der Waals surface area (Å²) in [7, 11) is 0. The molecule has 0 aromatic carbocycles. The Morgan fingerprint density at radius 1 is 0.889 bits per heavy atom. The Bertz CT molecular complexity index is 638. The molecular weight excluding hydrogens is 248 g/mol. The molecule has 0 radical (unpaired) electrons. The van der Waals surface area contributed by atoms with Crippen LogP contribution in [0, 0.1) is 0 Å². The second-order valence-electron chi connectivity index (χ2n) is 3.48. The predicted octanol–water partition coefficient (Wildman–Crippen LogP) is 2.91. The molecule has 0 fully saturated rings. The van der Waals surface area contributed by atoms with E-state index in [1.807, 2.05) is 24.5 Å². The summed E-state index contributed by atoms with van der Waals surface area (Å²) < 4.78 is 9.96. The minimum atomic E-state index is 0.734.